The molecule has 164 valence electrons. The van der Waals surface area contributed by atoms with Crippen LogP contribution < -0.4 is 10.6 Å². The third kappa shape index (κ3) is 5.29. The predicted octanol–water partition coefficient (Wildman–Crippen LogP) is 3.02. The van der Waals surface area contributed by atoms with Crippen LogP contribution in [0, 0.1) is 11.7 Å². The van der Waals surface area contributed by atoms with E-state index in [1.165, 1.54) is 23.5 Å². The lowest BCUT2D eigenvalue weighted by atomic mass is 10.2. The molecule has 9 heteroatoms. The number of thiophene rings is 1. The normalized spacial score (nSPS) is 17.8. The fourth-order valence-electron chi connectivity index (χ4n) is 3.54. The van der Waals surface area contributed by atoms with Crippen molar-refractivity contribution in [2.75, 3.05) is 36.8 Å². The summed E-state index contributed by atoms with van der Waals surface area (Å²) in [5.41, 5.74) is 0.424. The maximum atomic E-state index is 13.3. The van der Waals surface area contributed by atoms with E-state index in [1.807, 2.05) is 4.90 Å². The Balaban J connectivity index is 1.27. The van der Waals surface area contributed by atoms with Gasteiger partial charge < -0.3 is 15.5 Å². The molecule has 2 N–H and O–H groups in total. The van der Waals surface area contributed by atoms with Gasteiger partial charge in [0.15, 0.2) is 0 Å². The molecular formula is C22H25FN4O3S. The Morgan fingerprint density at radius 1 is 1.06 bits per heavy atom. The first-order valence-corrected chi connectivity index (χ1v) is 11.2. The molecule has 1 aromatic heterocycles. The van der Waals surface area contributed by atoms with E-state index in [4.69, 9.17) is 0 Å². The summed E-state index contributed by atoms with van der Waals surface area (Å²) >= 11 is 1.29. The maximum absolute atomic E-state index is 13.3. The highest BCUT2D eigenvalue weighted by Gasteiger charge is 2.31. The molecule has 1 atom stereocenters. The second-order valence-corrected chi connectivity index (χ2v) is 9.01. The molecule has 7 nitrogen and oxygen atoms in total. The Bertz CT molecular complexity index is 983. The molecule has 2 aromatic rings. The van der Waals surface area contributed by atoms with E-state index >= 15 is 0 Å². The largest absolute Gasteiger partial charge is 0.335 e. The van der Waals surface area contributed by atoms with E-state index in [1.54, 1.807) is 36.1 Å². The summed E-state index contributed by atoms with van der Waals surface area (Å²) in [6.07, 6.45) is 1.87. The molecule has 1 unspecified atom stereocenters. The molecule has 1 saturated carbocycles. The van der Waals surface area contributed by atoms with Gasteiger partial charge in [0, 0.05) is 37.8 Å². The van der Waals surface area contributed by atoms with Crippen LogP contribution in [0.2, 0.25) is 0 Å². The minimum atomic E-state index is -0.401. The zero-order chi connectivity index (χ0) is 22.0. The molecule has 0 bridgehead atoms. The minimum Gasteiger partial charge on any atom is -0.335 e. The van der Waals surface area contributed by atoms with Crippen molar-refractivity contribution in [3.05, 3.63) is 47.1 Å². The van der Waals surface area contributed by atoms with Gasteiger partial charge in [0.2, 0.25) is 11.8 Å². The van der Waals surface area contributed by atoms with Crippen LogP contribution >= 0.6 is 11.3 Å². The van der Waals surface area contributed by atoms with Crippen molar-refractivity contribution >= 4 is 39.7 Å². The van der Waals surface area contributed by atoms with E-state index in [0.29, 0.717) is 41.7 Å². The number of benzene rings is 1. The average molecular weight is 445 g/mol. The van der Waals surface area contributed by atoms with E-state index < -0.39 is 11.9 Å². The average Bonchev–Trinajstić information content (AvgIpc) is 3.52. The fraction of sp³-hybridized carbons (Fsp3) is 0.409. The van der Waals surface area contributed by atoms with Crippen molar-refractivity contribution < 1.29 is 18.8 Å². The van der Waals surface area contributed by atoms with E-state index in [9.17, 15) is 18.8 Å². The third-order valence-electron chi connectivity index (χ3n) is 5.63. The highest BCUT2D eigenvalue weighted by atomic mass is 32.1. The first kappa shape index (κ1) is 21.5. The van der Waals surface area contributed by atoms with Crippen molar-refractivity contribution in [1.82, 2.24) is 9.80 Å². The van der Waals surface area contributed by atoms with Crippen LogP contribution in [-0.4, -0.2) is 59.7 Å². The van der Waals surface area contributed by atoms with Gasteiger partial charge in [0.1, 0.15) is 5.82 Å². The van der Waals surface area contributed by atoms with Gasteiger partial charge in [-0.25, -0.2) is 4.39 Å². The lowest BCUT2D eigenvalue weighted by Crippen LogP contribution is -2.53. The van der Waals surface area contributed by atoms with Crippen LogP contribution in [0.1, 0.15) is 29.4 Å². The van der Waals surface area contributed by atoms with Crippen LogP contribution in [0.4, 0.5) is 15.1 Å². The summed E-state index contributed by atoms with van der Waals surface area (Å²) < 4.78 is 13.3. The van der Waals surface area contributed by atoms with E-state index in [2.05, 4.69) is 10.6 Å². The summed E-state index contributed by atoms with van der Waals surface area (Å²) in [4.78, 5) is 41.6. The van der Waals surface area contributed by atoms with Crippen molar-refractivity contribution in [1.29, 1.82) is 0 Å². The van der Waals surface area contributed by atoms with E-state index in [0.717, 1.165) is 12.8 Å². The summed E-state index contributed by atoms with van der Waals surface area (Å²) in [5.74, 6) is -0.524. The molecule has 31 heavy (non-hydrogen) atoms. The number of carbonyl (C=O) groups excluding carboxylic acids is 3. The number of hydrogen-bond acceptors (Lipinski definition) is 5. The van der Waals surface area contributed by atoms with E-state index in [-0.39, 0.29) is 23.6 Å². The summed E-state index contributed by atoms with van der Waals surface area (Å²) in [6, 6.07) is 8.92. The maximum Gasteiger partial charge on any atom is 0.264 e. The standard InChI is InChI=1S/C22H25FN4O3S/c1-14(20(28)24-17-4-2-3-16(23)13-17)26-9-11-27(12-10-26)22(30)18-7-8-19(31-18)25-21(29)15-5-6-15/h2-4,7-8,13-15H,5-6,9-12H2,1H3,(H,24,28)(H,25,29). The summed E-state index contributed by atoms with van der Waals surface area (Å²) in [7, 11) is 0. The lowest BCUT2D eigenvalue weighted by molar-refractivity contribution is -0.121. The molecule has 0 spiro atoms. The molecule has 1 aromatic carbocycles. The van der Waals surface area contributed by atoms with Crippen LogP contribution in [-0.2, 0) is 9.59 Å². The number of halogens is 1. The fourth-order valence-corrected chi connectivity index (χ4v) is 4.41. The molecule has 1 aliphatic carbocycles. The molecule has 1 aliphatic heterocycles. The quantitative estimate of drug-likeness (QED) is 0.718. The monoisotopic (exact) mass is 444 g/mol. The van der Waals surface area contributed by atoms with Crippen LogP contribution in [0.15, 0.2) is 36.4 Å². The minimum absolute atomic E-state index is 0.0277. The molecule has 1 saturated heterocycles. The molecule has 3 amide bonds. The van der Waals surface area contributed by atoms with Gasteiger partial charge in [0.25, 0.3) is 5.91 Å². The second kappa shape index (κ2) is 9.15. The Kier molecular flexibility index (Phi) is 6.33. The highest BCUT2D eigenvalue weighted by Crippen LogP contribution is 2.32. The van der Waals surface area contributed by atoms with Gasteiger partial charge in [-0.3, -0.25) is 19.3 Å². The van der Waals surface area contributed by atoms with Gasteiger partial charge in [-0.05, 0) is 50.1 Å². The van der Waals surface area contributed by atoms with Gasteiger partial charge >= 0.3 is 0 Å². The molecule has 4 rings (SSSR count). The SMILES string of the molecule is CC(C(=O)Nc1cccc(F)c1)N1CCN(C(=O)c2ccc(NC(=O)C3CC3)s2)CC1. The summed E-state index contributed by atoms with van der Waals surface area (Å²) in [5, 5.41) is 6.30. The molecule has 0 radical (unpaired) electrons. The first-order chi connectivity index (χ1) is 14.9. The smallest absolute Gasteiger partial charge is 0.264 e. The number of rotatable bonds is 6. The summed E-state index contributed by atoms with van der Waals surface area (Å²) in [6.45, 7) is 3.97. The van der Waals surface area contributed by atoms with Gasteiger partial charge in [0.05, 0.1) is 15.9 Å². The number of hydrogen-bond donors (Lipinski definition) is 2. The molecule has 2 aliphatic rings. The van der Waals surface area contributed by atoms with Gasteiger partial charge in [-0.15, -0.1) is 11.3 Å². The predicted molar refractivity (Wildman–Crippen MR) is 118 cm³/mol. The Morgan fingerprint density at radius 3 is 2.48 bits per heavy atom. The topological polar surface area (TPSA) is 81.8 Å². The zero-order valence-corrected chi connectivity index (χ0v) is 18.1. The Hall–Kier alpha value is -2.78. The van der Waals surface area contributed by atoms with Gasteiger partial charge in [-0.2, -0.15) is 0 Å². The molecular weight excluding hydrogens is 419 g/mol. The molecule has 2 fully saturated rings. The van der Waals surface area contributed by atoms with Crippen LogP contribution in [0.3, 0.4) is 0 Å². The number of anilines is 2. The number of amides is 3. The number of nitrogens with zero attached hydrogens (tertiary/aromatic N) is 2. The Morgan fingerprint density at radius 2 is 1.81 bits per heavy atom. The second-order valence-electron chi connectivity index (χ2n) is 7.93. The van der Waals surface area contributed by atoms with Crippen LogP contribution in [0.25, 0.3) is 0 Å². The van der Waals surface area contributed by atoms with Crippen molar-refractivity contribution in [2.24, 2.45) is 5.92 Å². The lowest BCUT2D eigenvalue weighted by Gasteiger charge is -2.37. The van der Waals surface area contributed by atoms with Crippen molar-refractivity contribution in [2.45, 2.75) is 25.8 Å². The number of nitrogens with one attached hydrogen (secondary N) is 2. The zero-order valence-electron chi connectivity index (χ0n) is 17.3. The van der Waals surface area contributed by atoms with Crippen molar-refractivity contribution in [3.8, 4) is 0 Å². The number of piperazine rings is 1. The van der Waals surface area contributed by atoms with Gasteiger partial charge in [-0.1, -0.05) is 6.07 Å². The van der Waals surface area contributed by atoms with Crippen LogP contribution in [0.5, 0.6) is 0 Å². The molecule has 2 heterocycles. The van der Waals surface area contributed by atoms with Crippen molar-refractivity contribution in [3.63, 3.8) is 0 Å². The Labute approximate surface area is 184 Å². The number of carbonyl (C=O) groups is 3. The highest BCUT2D eigenvalue weighted by molar-refractivity contribution is 7.18. The first-order valence-electron chi connectivity index (χ1n) is 10.4. The third-order valence-corrected chi connectivity index (χ3v) is 6.62.